The molecule has 2 amide bonds. The Morgan fingerprint density at radius 1 is 1.61 bits per heavy atom. The Morgan fingerprint density at radius 3 is 2.78 bits per heavy atom. The Labute approximate surface area is 107 Å². The van der Waals surface area contributed by atoms with Gasteiger partial charge in [-0.25, -0.2) is 9.59 Å². The van der Waals surface area contributed by atoms with Crippen molar-refractivity contribution in [3.05, 3.63) is 12.7 Å². The minimum atomic E-state index is -1.06. The number of amides is 2. The molecule has 1 saturated heterocycles. The van der Waals surface area contributed by atoms with E-state index in [1.165, 1.54) is 6.08 Å². The van der Waals surface area contributed by atoms with Crippen LogP contribution in [-0.4, -0.2) is 53.3 Å². The smallest absolute Gasteiger partial charge is 0.326 e. The van der Waals surface area contributed by atoms with Crippen LogP contribution in [0.4, 0.5) is 4.79 Å². The molecule has 18 heavy (non-hydrogen) atoms. The van der Waals surface area contributed by atoms with Gasteiger partial charge in [0.1, 0.15) is 6.04 Å². The molecule has 1 atom stereocenters. The molecule has 2 N–H and O–H groups in total. The standard InChI is InChI=1S/C12H20N2O4/c1-4-5-9(10(15)16)13-11(17)14-6-7-18-12(2,3)8-14/h4,9H,1,5-8H2,2-3H3,(H,13,17)(H,15,16). The van der Waals surface area contributed by atoms with Gasteiger partial charge in [0.15, 0.2) is 0 Å². The van der Waals surface area contributed by atoms with Gasteiger partial charge >= 0.3 is 12.0 Å². The summed E-state index contributed by atoms with van der Waals surface area (Å²) in [5, 5.41) is 11.4. The lowest BCUT2D eigenvalue weighted by atomic mass is 10.1. The van der Waals surface area contributed by atoms with Crippen LogP contribution in [0.15, 0.2) is 12.7 Å². The van der Waals surface area contributed by atoms with Gasteiger partial charge < -0.3 is 20.1 Å². The quantitative estimate of drug-likeness (QED) is 0.730. The number of nitrogens with zero attached hydrogens (tertiary/aromatic N) is 1. The minimum absolute atomic E-state index is 0.203. The molecule has 1 aliphatic rings. The lowest BCUT2D eigenvalue weighted by molar-refractivity contribution is -0.139. The van der Waals surface area contributed by atoms with Gasteiger partial charge in [0.2, 0.25) is 0 Å². The first kappa shape index (κ1) is 14.5. The lowest BCUT2D eigenvalue weighted by Crippen LogP contribution is -2.55. The van der Waals surface area contributed by atoms with Crippen LogP contribution in [0.2, 0.25) is 0 Å². The van der Waals surface area contributed by atoms with E-state index in [1.54, 1.807) is 4.90 Å². The zero-order valence-corrected chi connectivity index (χ0v) is 10.8. The van der Waals surface area contributed by atoms with Crippen LogP contribution in [0.3, 0.4) is 0 Å². The lowest BCUT2D eigenvalue weighted by Gasteiger charge is -2.38. The van der Waals surface area contributed by atoms with E-state index in [9.17, 15) is 9.59 Å². The first-order valence-corrected chi connectivity index (χ1v) is 5.89. The van der Waals surface area contributed by atoms with Crippen molar-refractivity contribution in [2.75, 3.05) is 19.7 Å². The highest BCUT2D eigenvalue weighted by Crippen LogP contribution is 2.16. The number of hydrogen-bond acceptors (Lipinski definition) is 3. The highest BCUT2D eigenvalue weighted by atomic mass is 16.5. The Morgan fingerprint density at radius 2 is 2.28 bits per heavy atom. The molecule has 6 heteroatoms. The molecular weight excluding hydrogens is 236 g/mol. The third-order valence-corrected chi connectivity index (χ3v) is 2.71. The number of carboxylic acid groups (broad SMARTS) is 1. The van der Waals surface area contributed by atoms with Gasteiger partial charge in [-0.1, -0.05) is 6.08 Å². The van der Waals surface area contributed by atoms with Crippen LogP contribution in [-0.2, 0) is 9.53 Å². The average molecular weight is 256 g/mol. The molecule has 1 fully saturated rings. The zero-order valence-electron chi connectivity index (χ0n) is 10.8. The molecular formula is C12H20N2O4. The Kier molecular flexibility index (Phi) is 4.72. The fourth-order valence-corrected chi connectivity index (χ4v) is 1.82. The molecule has 0 aromatic rings. The van der Waals surface area contributed by atoms with Gasteiger partial charge in [-0.15, -0.1) is 6.58 Å². The van der Waals surface area contributed by atoms with Crippen molar-refractivity contribution in [2.45, 2.75) is 31.9 Å². The number of hydrogen-bond donors (Lipinski definition) is 2. The Bertz CT molecular complexity index is 341. The highest BCUT2D eigenvalue weighted by Gasteiger charge is 2.31. The van der Waals surface area contributed by atoms with Crippen molar-refractivity contribution >= 4 is 12.0 Å². The number of carboxylic acids is 1. The summed E-state index contributed by atoms with van der Waals surface area (Å²) in [6.45, 7) is 8.63. The summed E-state index contributed by atoms with van der Waals surface area (Å²) in [4.78, 5) is 24.4. The molecule has 1 unspecified atom stereocenters. The summed E-state index contributed by atoms with van der Waals surface area (Å²) in [5.74, 6) is -1.06. The maximum Gasteiger partial charge on any atom is 0.326 e. The third-order valence-electron chi connectivity index (χ3n) is 2.71. The molecule has 1 heterocycles. The van der Waals surface area contributed by atoms with Crippen molar-refractivity contribution in [3.63, 3.8) is 0 Å². The highest BCUT2D eigenvalue weighted by molar-refractivity contribution is 5.82. The first-order valence-electron chi connectivity index (χ1n) is 5.89. The van der Waals surface area contributed by atoms with Crippen LogP contribution in [0.25, 0.3) is 0 Å². The SMILES string of the molecule is C=CCC(NC(=O)N1CCOC(C)(C)C1)C(=O)O. The second-order valence-electron chi connectivity index (χ2n) is 4.89. The Hall–Kier alpha value is -1.56. The molecule has 1 aliphatic heterocycles. The van der Waals surface area contributed by atoms with Crippen LogP contribution in [0.1, 0.15) is 20.3 Å². The van der Waals surface area contributed by atoms with E-state index in [-0.39, 0.29) is 12.5 Å². The number of morpholine rings is 1. The van der Waals surface area contributed by atoms with Crippen LogP contribution in [0.5, 0.6) is 0 Å². The minimum Gasteiger partial charge on any atom is -0.480 e. The van der Waals surface area contributed by atoms with Gasteiger partial charge in [0.05, 0.1) is 18.8 Å². The summed E-state index contributed by atoms with van der Waals surface area (Å²) in [7, 11) is 0. The van der Waals surface area contributed by atoms with Gasteiger partial charge in [-0.3, -0.25) is 0 Å². The molecule has 0 spiro atoms. The molecule has 6 nitrogen and oxygen atoms in total. The fraction of sp³-hybridized carbons (Fsp3) is 0.667. The summed E-state index contributed by atoms with van der Waals surface area (Å²) in [6.07, 6.45) is 1.68. The number of carbonyl (C=O) groups excluding carboxylic acids is 1. The topological polar surface area (TPSA) is 78.9 Å². The summed E-state index contributed by atoms with van der Waals surface area (Å²) >= 11 is 0. The van der Waals surface area contributed by atoms with Crippen molar-refractivity contribution in [3.8, 4) is 0 Å². The predicted molar refractivity (Wildman–Crippen MR) is 66.4 cm³/mol. The van der Waals surface area contributed by atoms with E-state index in [2.05, 4.69) is 11.9 Å². The zero-order chi connectivity index (χ0) is 13.8. The van der Waals surface area contributed by atoms with Crippen molar-refractivity contribution in [1.82, 2.24) is 10.2 Å². The van der Waals surface area contributed by atoms with E-state index in [0.29, 0.717) is 19.7 Å². The molecule has 102 valence electrons. The van der Waals surface area contributed by atoms with E-state index >= 15 is 0 Å². The number of nitrogens with one attached hydrogen (secondary N) is 1. The van der Waals surface area contributed by atoms with Crippen molar-refractivity contribution < 1.29 is 19.4 Å². The largest absolute Gasteiger partial charge is 0.480 e. The summed E-state index contributed by atoms with van der Waals surface area (Å²) in [5.41, 5.74) is -0.396. The molecule has 0 aliphatic carbocycles. The maximum atomic E-state index is 11.9. The first-order chi connectivity index (χ1) is 8.35. The molecule has 0 radical (unpaired) electrons. The number of carbonyl (C=O) groups is 2. The van der Waals surface area contributed by atoms with E-state index in [0.717, 1.165) is 0 Å². The van der Waals surface area contributed by atoms with E-state index in [1.807, 2.05) is 13.8 Å². The van der Waals surface area contributed by atoms with E-state index < -0.39 is 17.6 Å². The van der Waals surface area contributed by atoms with Gasteiger partial charge in [-0.05, 0) is 20.3 Å². The average Bonchev–Trinajstić information content (AvgIpc) is 2.26. The number of ether oxygens (including phenoxy) is 1. The van der Waals surface area contributed by atoms with Gasteiger partial charge in [0.25, 0.3) is 0 Å². The number of urea groups is 1. The maximum absolute atomic E-state index is 11.9. The number of rotatable bonds is 4. The molecule has 0 aromatic heterocycles. The normalized spacial score (nSPS) is 20.0. The summed E-state index contributed by atoms with van der Waals surface area (Å²) < 4.78 is 5.49. The molecule has 0 bridgehead atoms. The van der Waals surface area contributed by atoms with Gasteiger partial charge in [0, 0.05) is 6.54 Å². The second-order valence-corrected chi connectivity index (χ2v) is 4.89. The van der Waals surface area contributed by atoms with Crippen LogP contribution >= 0.6 is 0 Å². The summed E-state index contributed by atoms with van der Waals surface area (Å²) in [6, 6.07) is -1.30. The second kappa shape index (κ2) is 5.86. The van der Waals surface area contributed by atoms with Crippen LogP contribution in [0, 0.1) is 0 Å². The van der Waals surface area contributed by atoms with E-state index in [4.69, 9.17) is 9.84 Å². The molecule has 0 aromatic carbocycles. The molecule has 0 saturated carbocycles. The molecule has 1 rings (SSSR count). The van der Waals surface area contributed by atoms with Crippen molar-refractivity contribution in [1.29, 1.82) is 0 Å². The van der Waals surface area contributed by atoms with Crippen molar-refractivity contribution in [2.24, 2.45) is 0 Å². The third kappa shape index (κ3) is 4.03. The predicted octanol–water partition coefficient (Wildman–Crippen LogP) is 0.836. The number of aliphatic carboxylic acids is 1. The fourth-order valence-electron chi connectivity index (χ4n) is 1.82. The van der Waals surface area contributed by atoms with Gasteiger partial charge in [-0.2, -0.15) is 0 Å². The monoisotopic (exact) mass is 256 g/mol. The Balaban J connectivity index is 2.58. The van der Waals surface area contributed by atoms with Crippen LogP contribution < -0.4 is 5.32 Å².